The van der Waals surface area contributed by atoms with Crippen molar-refractivity contribution >= 4 is 58.1 Å². The zero-order valence-corrected chi connectivity index (χ0v) is 32.7. The van der Waals surface area contributed by atoms with Crippen LogP contribution in [0.15, 0.2) is 47.4 Å². The number of hydrogen-bond acceptors (Lipinski definition) is 9. The second-order valence-electron chi connectivity index (χ2n) is 14.5. The third kappa shape index (κ3) is 10.0. The van der Waals surface area contributed by atoms with E-state index in [1.807, 2.05) is 0 Å². The van der Waals surface area contributed by atoms with Crippen LogP contribution >= 0.6 is 0 Å². The molecular formula is C40H51FN8O9. The van der Waals surface area contributed by atoms with Crippen molar-refractivity contribution in [2.24, 2.45) is 11.1 Å². The molecule has 0 radical (unpaired) electrons. The van der Waals surface area contributed by atoms with Gasteiger partial charge in [-0.05, 0) is 69.4 Å². The Bertz CT molecular complexity index is 2080. The monoisotopic (exact) mass is 806 g/mol. The predicted octanol–water partition coefficient (Wildman–Crippen LogP) is 3.28. The molecule has 1 aliphatic heterocycles. The quantitative estimate of drug-likeness (QED) is 0.0969. The molecule has 1 saturated heterocycles. The molecule has 2 heterocycles. The van der Waals surface area contributed by atoms with Gasteiger partial charge in [0.25, 0.3) is 0 Å². The molecule has 1 unspecified atom stereocenters. The first-order valence-corrected chi connectivity index (χ1v) is 19.6. The van der Waals surface area contributed by atoms with Gasteiger partial charge in [-0.3, -0.25) is 19.2 Å². The number of carboxylic acids is 1. The standard InChI is InChI=1S/C40H51FN8O9/c1-3-43-36(54)40(14-6-5-7-15-40)37(55)46-30(9-8-16-44-38(42)56)34(51)45-26-12-10-25(11-13-26)24-58-39(57)49-19-17-48(18-20-49)32-22-31-27(21-29(32)41)33(50)28(35(52)53)23-47(31)4-2/h10-13,21-23,30H,3-9,14-20,24H2,1-2H3,(H,43,54)(H,45,51)(H,46,55)(H,52,53)(H3,42,44,56). The fourth-order valence-corrected chi connectivity index (χ4v) is 7.46. The number of ether oxygens (including phenoxy) is 1. The zero-order chi connectivity index (χ0) is 42.0. The van der Waals surface area contributed by atoms with Crippen LogP contribution in [0.5, 0.6) is 0 Å². The highest BCUT2D eigenvalue weighted by Crippen LogP contribution is 2.37. The highest BCUT2D eigenvalue weighted by atomic mass is 19.1. The lowest BCUT2D eigenvalue weighted by molar-refractivity contribution is -0.147. The van der Waals surface area contributed by atoms with Crippen molar-refractivity contribution < 1.29 is 43.0 Å². The number of carboxylic acid groups (broad SMARTS) is 1. The van der Waals surface area contributed by atoms with E-state index in [4.69, 9.17) is 10.5 Å². The average molecular weight is 807 g/mol. The molecule has 2 aliphatic rings. The molecule has 312 valence electrons. The van der Waals surface area contributed by atoms with Crippen molar-refractivity contribution in [1.82, 2.24) is 25.4 Å². The molecule has 58 heavy (non-hydrogen) atoms. The number of nitrogens with zero attached hydrogens (tertiary/aromatic N) is 3. The maximum atomic E-state index is 15.3. The number of rotatable bonds is 15. The third-order valence-electron chi connectivity index (χ3n) is 10.7. The van der Waals surface area contributed by atoms with Gasteiger partial charge in [-0.15, -0.1) is 0 Å². The smallest absolute Gasteiger partial charge is 0.410 e. The first-order valence-electron chi connectivity index (χ1n) is 19.6. The summed E-state index contributed by atoms with van der Waals surface area (Å²) in [4.78, 5) is 92.1. The van der Waals surface area contributed by atoms with Crippen LogP contribution in [0.4, 0.5) is 25.4 Å². The molecule has 2 fully saturated rings. The van der Waals surface area contributed by atoms with Crippen molar-refractivity contribution in [2.75, 3.05) is 49.5 Å². The summed E-state index contributed by atoms with van der Waals surface area (Å²) in [6.45, 7) is 5.46. The number of benzene rings is 2. The second kappa shape index (κ2) is 19.3. The van der Waals surface area contributed by atoms with Gasteiger partial charge in [-0.1, -0.05) is 31.4 Å². The minimum Gasteiger partial charge on any atom is -0.477 e. The van der Waals surface area contributed by atoms with E-state index in [2.05, 4.69) is 21.3 Å². The lowest BCUT2D eigenvalue weighted by atomic mass is 9.72. The summed E-state index contributed by atoms with van der Waals surface area (Å²) < 4.78 is 22.4. The Morgan fingerprint density at radius 3 is 2.26 bits per heavy atom. The van der Waals surface area contributed by atoms with Crippen LogP contribution in [-0.2, 0) is 32.3 Å². The first kappa shape index (κ1) is 42.9. The van der Waals surface area contributed by atoms with Gasteiger partial charge in [0.15, 0.2) is 0 Å². The van der Waals surface area contributed by atoms with Crippen LogP contribution in [0.3, 0.4) is 0 Å². The number of hydrogen-bond donors (Lipinski definition) is 6. The number of fused-ring (bicyclic) bond motifs is 1. The molecule has 1 aliphatic carbocycles. The average Bonchev–Trinajstić information content (AvgIpc) is 3.21. The molecule has 1 saturated carbocycles. The van der Waals surface area contributed by atoms with Crippen molar-refractivity contribution in [3.8, 4) is 0 Å². The summed E-state index contributed by atoms with van der Waals surface area (Å²) >= 11 is 0. The maximum Gasteiger partial charge on any atom is 0.410 e. The van der Waals surface area contributed by atoms with E-state index < -0.39 is 58.2 Å². The number of amides is 6. The minimum atomic E-state index is -1.39. The van der Waals surface area contributed by atoms with Crippen molar-refractivity contribution in [3.63, 3.8) is 0 Å². The molecule has 3 aromatic rings. The van der Waals surface area contributed by atoms with Gasteiger partial charge >= 0.3 is 18.1 Å². The van der Waals surface area contributed by atoms with E-state index in [0.29, 0.717) is 62.0 Å². The number of aryl methyl sites for hydroxylation is 1. The van der Waals surface area contributed by atoms with Crippen LogP contribution in [0.1, 0.15) is 74.7 Å². The largest absolute Gasteiger partial charge is 0.477 e. The van der Waals surface area contributed by atoms with E-state index in [1.54, 1.807) is 47.6 Å². The first-order chi connectivity index (χ1) is 27.8. The zero-order valence-electron chi connectivity index (χ0n) is 32.7. The van der Waals surface area contributed by atoms with E-state index in [9.17, 15) is 38.7 Å². The normalized spacial score (nSPS) is 15.6. The molecule has 6 amide bonds. The number of pyridine rings is 1. The Labute approximate surface area is 334 Å². The van der Waals surface area contributed by atoms with Gasteiger partial charge in [-0.25, -0.2) is 18.8 Å². The van der Waals surface area contributed by atoms with Gasteiger partial charge in [-0.2, -0.15) is 0 Å². The molecule has 0 bridgehead atoms. The topological polar surface area (TPSA) is 234 Å². The minimum absolute atomic E-state index is 0.0259. The van der Waals surface area contributed by atoms with Crippen LogP contribution in [0.2, 0.25) is 0 Å². The Morgan fingerprint density at radius 1 is 0.948 bits per heavy atom. The molecule has 7 N–H and O–H groups in total. The summed E-state index contributed by atoms with van der Waals surface area (Å²) in [5.74, 6) is -3.44. The summed E-state index contributed by atoms with van der Waals surface area (Å²) in [6.07, 6.45) is 4.26. The number of aromatic nitrogens is 1. The number of primary amides is 1. The fourth-order valence-electron chi connectivity index (χ4n) is 7.46. The van der Waals surface area contributed by atoms with E-state index in [0.717, 1.165) is 12.5 Å². The third-order valence-corrected chi connectivity index (χ3v) is 10.7. The Kier molecular flexibility index (Phi) is 14.3. The van der Waals surface area contributed by atoms with Crippen molar-refractivity contribution in [2.45, 2.75) is 78.0 Å². The van der Waals surface area contributed by atoms with Crippen molar-refractivity contribution in [1.29, 1.82) is 0 Å². The van der Waals surface area contributed by atoms with Gasteiger partial charge in [0.2, 0.25) is 23.2 Å². The number of urea groups is 1. The van der Waals surface area contributed by atoms with Crippen LogP contribution < -0.4 is 37.3 Å². The summed E-state index contributed by atoms with van der Waals surface area (Å²) in [6, 6.07) is 7.48. The molecule has 18 heteroatoms. The van der Waals surface area contributed by atoms with Gasteiger partial charge in [0, 0.05) is 63.1 Å². The second-order valence-corrected chi connectivity index (χ2v) is 14.5. The molecule has 5 rings (SSSR count). The molecule has 1 aromatic heterocycles. The Morgan fingerprint density at radius 2 is 1.64 bits per heavy atom. The number of nitrogens with two attached hydrogens (primary N) is 1. The van der Waals surface area contributed by atoms with Gasteiger partial charge in [0.05, 0.1) is 11.2 Å². The summed E-state index contributed by atoms with van der Waals surface area (Å²) in [5.41, 5.74) is 4.40. The Hall–Kier alpha value is -6.20. The fraction of sp³-hybridized carbons (Fsp3) is 0.475. The van der Waals surface area contributed by atoms with E-state index in [-0.39, 0.29) is 62.7 Å². The van der Waals surface area contributed by atoms with Gasteiger partial charge < -0.3 is 51.2 Å². The van der Waals surface area contributed by atoms with Crippen LogP contribution in [-0.4, -0.2) is 95.7 Å². The number of aromatic carboxylic acids is 1. The lowest BCUT2D eigenvalue weighted by Crippen LogP contribution is -2.56. The van der Waals surface area contributed by atoms with Crippen LogP contribution in [0, 0.1) is 11.2 Å². The maximum absolute atomic E-state index is 15.3. The number of halogens is 1. The SMILES string of the molecule is CCNC(=O)C1(C(=O)NC(CCCNC(N)=O)C(=O)Nc2ccc(COC(=O)N3CCN(c4cc5c(cc4F)c(=O)c(C(=O)O)cn5CC)CC3)cc2)CCCCC1. The van der Waals surface area contributed by atoms with Crippen LogP contribution in [0.25, 0.3) is 10.9 Å². The summed E-state index contributed by atoms with van der Waals surface area (Å²) in [5, 5.41) is 20.3. The summed E-state index contributed by atoms with van der Waals surface area (Å²) in [7, 11) is 0. The number of nitrogens with one attached hydrogen (secondary N) is 4. The lowest BCUT2D eigenvalue weighted by Gasteiger charge is -2.35. The molecular weight excluding hydrogens is 755 g/mol. The van der Waals surface area contributed by atoms with E-state index in [1.165, 1.54) is 17.2 Å². The molecule has 2 aromatic carbocycles. The predicted molar refractivity (Wildman–Crippen MR) is 213 cm³/mol. The highest BCUT2D eigenvalue weighted by Gasteiger charge is 2.47. The van der Waals surface area contributed by atoms with Gasteiger partial charge in [0.1, 0.15) is 29.4 Å². The number of piperazine rings is 1. The highest BCUT2D eigenvalue weighted by molar-refractivity contribution is 6.07. The number of carbonyl (C=O) groups is 6. The number of carbonyl (C=O) groups excluding carboxylic acids is 5. The molecule has 17 nitrogen and oxygen atoms in total. The van der Waals surface area contributed by atoms with Crippen molar-refractivity contribution in [3.05, 3.63) is 69.8 Å². The molecule has 1 atom stereocenters. The van der Waals surface area contributed by atoms with E-state index >= 15 is 4.39 Å². The number of anilines is 2. The Balaban J connectivity index is 1.16. The molecule has 0 spiro atoms.